The van der Waals surface area contributed by atoms with Gasteiger partial charge < -0.3 is 14.4 Å². The van der Waals surface area contributed by atoms with Crippen LogP contribution in [0.5, 0.6) is 0 Å². The summed E-state index contributed by atoms with van der Waals surface area (Å²) in [4.78, 5) is 23.9. The minimum Gasteiger partial charge on any atom is -0.481 e. The minimum atomic E-state index is -0.953. The van der Waals surface area contributed by atoms with Crippen LogP contribution in [0.3, 0.4) is 0 Å². The highest BCUT2D eigenvalue weighted by molar-refractivity contribution is 7.18. The molecule has 2 amide bonds. The Hall–Kier alpha value is -2.42. The summed E-state index contributed by atoms with van der Waals surface area (Å²) in [6, 6.07) is 3.04. The SMILES string of the molecule is CC(CN(C)C(=O)Nc1nnc(-c2ccco2)s1)C(=O)O. The largest absolute Gasteiger partial charge is 0.481 e. The Morgan fingerprint density at radius 2 is 2.29 bits per heavy atom. The lowest BCUT2D eigenvalue weighted by atomic mass is 10.2. The van der Waals surface area contributed by atoms with E-state index in [1.807, 2.05) is 0 Å². The maximum absolute atomic E-state index is 11.9. The summed E-state index contributed by atoms with van der Waals surface area (Å²) in [5, 5.41) is 20.0. The van der Waals surface area contributed by atoms with Crippen molar-refractivity contribution in [2.45, 2.75) is 6.92 Å². The van der Waals surface area contributed by atoms with Gasteiger partial charge in [0, 0.05) is 13.6 Å². The van der Waals surface area contributed by atoms with Gasteiger partial charge in [-0.25, -0.2) is 4.79 Å². The molecule has 0 aliphatic rings. The zero-order valence-corrected chi connectivity index (χ0v) is 12.3. The number of nitrogens with zero attached hydrogens (tertiary/aromatic N) is 3. The summed E-state index contributed by atoms with van der Waals surface area (Å²) < 4.78 is 5.18. The number of carbonyl (C=O) groups excluding carboxylic acids is 1. The van der Waals surface area contributed by atoms with E-state index >= 15 is 0 Å². The van der Waals surface area contributed by atoms with Gasteiger partial charge in [0.1, 0.15) is 0 Å². The second kappa shape index (κ2) is 6.35. The second-order valence-corrected chi connectivity index (χ2v) is 5.42. The molecule has 112 valence electrons. The Labute approximate surface area is 124 Å². The van der Waals surface area contributed by atoms with Crippen molar-refractivity contribution in [2.75, 3.05) is 18.9 Å². The molecule has 0 bridgehead atoms. The summed E-state index contributed by atoms with van der Waals surface area (Å²) in [6.07, 6.45) is 1.52. The van der Waals surface area contributed by atoms with Gasteiger partial charge in [-0.1, -0.05) is 18.3 Å². The quantitative estimate of drug-likeness (QED) is 0.874. The average Bonchev–Trinajstić information content (AvgIpc) is 3.08. The summed E-state index contributed by atoms with van der Waals surface area (Å²) in [5.41, 5.74) is 0. The molecule has 0 spiro atoms. The van der Waals surface area contributed by atoms with Gasteiger partial charge in [-0.2, -0.15) is 0 Å². The van der Waals surface area contributed by atoms with Crippen molar-refractivity contribution in [1.29, 1.82) is 0 Å². The Kier molecular flexibility index (Phi) is 4.53. The average molecular weight is 310 g/mol. The van der Waals surface area contributed by atoms with E-state index in [-0.39, 0.29) is 6.54 Å². The topological polar surface area (TPSA) is 109 Å². The predicted octanol–water partition coefficient (Wildman–Crippen LogP) is 1.98. The molecule has 0 aliphatic heterocycles. The maximum Gasteiger partial charge on any atom is 0.323 e. The number of carboxylic acids is 1. The molecular weight excluding hydrogens is 296 g/mol. The lowest BCUT2D eigenvalue weighted by Gasteiger charge is -2.18. The van der Waals surface area contributed by atoms with Crippen LogP contribution in [0, 0.1) is 5.92 Å². The number of carboxylic acid groups (broad SMARTS) is 1. The number of rotatable bonds is 5. The van der Waals surface area contributed by atoms with E-state index in [0.717, 1.165) is 0 Å². The van der Waals surface area contributed by atoms with Crippen LogP contribution < -0.4 is 5.32 Å². The molecule has 2 heterocycles. The van der Waals surface area contributed by atoms with Crippen molar-refractivity contribution < 1.29 is 19.1 Å². The van der Waals surface area contributed by atoms with Crippen molar-refractivity contribution >= 4 is 28.5 Å². The Morgan fingerprint density at radius 1 is 1.52 bits per heavy atom. The molecule has 2 rings (SSSR count). The molecule has 0 aliphatic carbocycles. The minimum absolute atomic E-state index is 0.102. The first-order valence-corrected chi connectivity index (χ1v) is 6.91. The van der Waals surface area contributed by atoms with Crippen molar-refractivity contribution in [3.8, 4) is 10.8 Å². The fourth-order valence-corrected chi connectivity index (χ4v) is 2.23. The van der Waals surface area contributed by atoms with Crippen LogP contribution in [0.1, 0.15) is 6.92 Å². The third-order valence-corrected chi connectivity index (χ3v) is 3.54. The summed E-state index contributed by atoms with van der Waals surface area (Å²) in [7, 11) is 1.52. The Balaban J connectivity index is 1.95. The smallest absolute Gasteiger partial charge is 0.323 e. The number of anilines is 1. The number of hydrogen-bond acceptors (Lipinski definition) is 6. The van der Waals surface area contributed by atoms with Crippen LogP contribution in [-0.2, 0) is 4.79 Å². The highest BCUT2D eigenvalue weighted by Crippen LogP contribution is 2.26. The number of furan rings is 1. The van der Waals surface area contributed by atoms with Crippen LogP contribution in [0.15, 0.2) is 22.8 Å². The van der Waals surface area contributed by atoms with Crippen LogP contribution >= 0.6 is 11.3 Å². The van der Waals surface area contributed by atoms with Gasteiger partial charge in [0.05, 0.1) is 12.2 Å². The van der Waals surface area contributed by atoms with Crippen LogP contribution in [0.2, 0.25) is 0 Å². The Morgan fingerprint density at radius 3 is 2.90 bits per heavy atom. The number of urea groups is 1. The molecule has 0 aromatic carbocycles. The third kappa shape index (κ3) is 3.78. The van der Waals surface area contributed by atoms with Gasteiger partial charge in [0.2, 0.25) is 5.13 Å². The van der Waals surface area contributed by atoms with Gasteiger partial charge in [-0.15, -0.1) is 10.2 Å². The first-order chi connectivity index (χ1) is 9.97. The molecule has 1 atom stereocenters. The lowest BCUT2D eigenvalue weighted by Crippen LogP contribution is -2.36. The molecule has 2 aromatic heterocycles. The zero-order valence-electron chi connectivity index (χ0n) is 11.4. The number of aliphatic carboxylic acids is 1. The maximum atomic E-state index is 11.9. The molecular formula is C12H14N4O4S. The molecule has 2 N–H and O–H groups in total. The van der Waals surface area contributed by atoms with Gasteiger partial charge >= 0.3 is 12.0 Å². The molecule has 1 unspecified atom stereocenters. The highest BCUT2D eigenvalue weighted by Gasteiger charge is 2.18. The monoisotopic (exact) mass is 310 g/mol. The number of carbonyl (C=O) groups is 2. The molecule has 0 saturated heterocycles. The molecule has 0 saturated carbocycles. The van der Waals surface area contributed by atoms with Crippen LogP contribution in [0.4, 0.5) is 9.93 Å². The molecule has 21 heavy (non-hydrogen) atoms. The van der Waals surface area contributed by atoms with Crippen LogP contribution in [-0.4, -0.2) is 45.8 Å². The lowest BCUT2D eigenvalue weighted by molar-refractivity contribution is -0.141. The first kappa shape index (κ1) is 15.0. The van der Waals surface area contributed by atoms with Gasteiger partial charge in [0.15, 0.2) is 10.8 Å². The molecule has 8 nitrogen and oxygen atoms in total. The molecule has 2 aromatic rings. The number of hydrogen-bond donors (Lipinski definition) is 2. The number of nitrogens with one attached hydrogen (secondary N) is 1. The van der Waals surface area contributed by atoms with E-state index in [9.17, 15) is 9.59 Å². The molecule has 9 heteroatoms. The highest BCUT2D eigenvalue weighted by atomic mass is 32.1. The third-order valence-electron chi connectivity index (χ3n) is 2.69. The summed E-state index contributed by atoms with van der Waals surface area (Å²) in [5.74, 6) is -1.03. The molecule has 0 radical (unpaired) electrons. The van der Waals surface area contributed by atoms with E-state index in [1.54, 1.807) is 12.1 Å². The predicted molar refractivity (Wildman–Crippen MR) is 76.1 cm³/mol. The van der Waals surface area contributed by atoms with Gasteiger partial charge in [0.25, 0.3) is 0 Å². The fourth-order valence-electron chi connectivity index (χ4n) is 1.53. The van der Waals surface area contributed by atoms with E-state index in [1.165, 1.54) is 36.5 Å². The van der Waals surface area contributed by atoms with Crippen molar-refractivity contribution in [1.82, 2.24) is 15.1 Å². The van der Waals surface area contributed by atoms with Crippen molar-refractivity contribution in [3.63, 3.8) is 0 Å². The van der Waals surface area contributed by atoms with E-state index < -0.39 is 17.9 Å². The fraction of sp³-hybridized carbons (Fsp3) is 0.333. The van der Waals surface area contributed by atoms with Crippen molar-refractivity contribution in [2.24, 2.45) is 5.92 Å². The van der Waals surface area contributed by atoms with Gasteiger partial charge in [-0.05, 0) is 12.1 Å². The normalized spacial score (nSPS) is 11.9. The first-order valence-electron chi connectivity index (χ1n) is 6.09. The summed E-state index contributed by atoms with van der Waals surface area (Å²) >= 11 is 1.17. The number of amides is 2. The zero-order chi connectivity index (χ0) is 15.4. The standard InChI is InChI=1S/C12H14N4O4S/c1-7(10(17)18)6-16(2)12(19)13-11-15-14-9(21-11)8-4-3-5-20-8/h3-5,7H,6H2,1-2H3,(H,17,18)(H,13,15,19). The molecule has 0 fully saturated rings. The second-order valence-electron chi connectivity index (χ2n) is 4.44. The van der Waals surface area contributed by atoms with E-state index in [0.29, 0.717) is 15.9 Å². The van der Waals surface area contributed by atoms with Crippen LogP contribution in [0.25, 0.3) is 10.8 Å². The van der Waals surface area contributed by atoms with Gasteiger partial charge in [-0.3, -0.25) is 10.1 Å². The van der Waals surface area contributed by atoms with Crippen molar-refractivity contribution in [3.05, 3.63) is 18.4 Å². The Bertz CT molecular complexity index is 625. The van der Waals surface area contributed by atoms with E-state index in [2.05, 4.69) is 15.5 Å². The summed E-state index contributed by atoms with van der Waals surface area (Å²) in [6.45, 7) is 1.64. The number of aromatic nitrogens is 2. The van der Waals surface area contributed by atoms with E-state index in [4.69, 9.17) is 9.52 Å².